The molecule has 5 rings (SSSR count). The van der Waals surface area contributed by atoms with E-state index in [1.165, 1.54) is 12.1 Å². The van der Waals surface area contributed by atoms with Crippen LogP contribution in [0.25, 0.3) is 0 Å². The van der Waals surface area contributed by atoms with E-state index in [0.29, 0.717) is 49.8 Å². The number of nitrogens with one attached hydrogen (secondary N) is 1. The summed E-state index contributed by atoms with van der Waals surface area (Å²) in [5, 5.41) is 10.5. The van der Waals surface area contributed by atoms with Gasteiger partial charge in [0, 0.05) is 50.5 Å². The Labute approximate surface area is 228 Å². The number of anilines is 1. The Morgan fingerprint density at radius 2 is 1.95 bits per heavy atom. The number of benzene rings is 1. The Morgan fingerprint density at radius 3 is 2.69 bits per heavy atom. The van der Waals surface area contributed by atoms with Crippen molar-refractivity contribution in [1.82, 2.24) is 20.1 Å². The fourth-order valence-electron chi connectivity index (χ4n) is 5.30. The number of rotatable bonds is 6. The van der Waals surface area contributed by atoms with Gasteiger partial charge in [0.2, 0.25) is 11.8 Å². The van der Waals surface area contributed by atoms with Gasteiger partial charge >= 0.3 is 0 Å². The summed E-state index contributed by atoms with van der Waals surface area (Å²) in [6, 6.07) is 9.42. The molecule has 0 spiro atoms. The van der Waals surface area contributed by atoms with Crippen LogP contribution in [-0.2, 0) is 20.7 Å². The second-order valence-corrected chi connectivity index (χ2v) is 10.3. The molecule has 4 heterocycles. The molecule has 3 atom stereocenters. The van der Waals surface area contributed by atoms with Gasteiger partial charge in [-0.15, -0.1) is 0 Å². The lowest BCUT2D eigenvalue weighted by Gasteiger charge is -2.44. The Balaban J connectivity index is 0.00000112. The molecule has 0 saturated carbocycles. The molecule has 0 radical (unpaired) electrons. The second-order valence-electron chi connectivity index (χ2n) is 10.3. The van der Waals surface area contributed by atoms with Crippen molar-refractivity contribution in [2.45, 2.75) is 38.4 Å². The van der Waals surface area contributed by atoms with Gasteiger partial charge in [-0.2, -0.15) is 0 Å². The third kappa shape index (κ3) is 7.72. The van der Waals surface area contributed by atoms with Crippen molar-refractivity contribution in [2.24, 2.45) is 0 Å². The van der Waals surface area contributed by atoms with Crippen LogP contribution in [0.1, 0.15) is 25.0 Å². The molecule has 3 aliphatic heterocycles. The first-order valence-corrected chi connectivity index (χ1v) is 13.4. The normalized spacial score (nSPS) is 23.7. The fraction of sp³-hybridized carbons (Fsp3) is 0.536. The minimum atomic E-state index is -0.254. The molecule has 2 N–H and O–H groups in total. The predicted octanol–water partition coefficient (Wildman–Crippen LogP) is 1.62. The summed E-state index contributed by atoms with van der Waals surface area (Å²) < 4.78 is 24.7. The average Bonchev–Trinajstić information content (AvgIpc) is 2.92. The third-order valence-electron chi connectivity index (χ3n) is 7.37. The zero-order valence-corrected chi connectivity index (χ0v) is 22.6. The minimum Gasteiger partial charge on any atom is -0.483 e. The van der Waals surface area contributed by atoms with Crippen LogP contribution in [0.4, 0.5) is 10.1 Å². The maximum Gasteiger partial charge on any atom is 0.290 e. The number of piperazine rings is 1. The van der Waals surface area contributed by atoms with Crippen LogP contribution >= 0.6 is 0 Å². The van der Waals surface area contributed by atoms with Gasteiger partial charge < -0.3 is 24.8 Å². The summed E-state index contributed by atoms with van der Waals surface area (Å²) >= 11 is 0. The van der Waals surface area contributed by atoms with E-state index in [1.54, 1.807) is 18.3 Å². The third-order valence-corrected chi connectivity index (χ3v) is 7.37. The number of hydrogen-bond donors (Lipinski definition) is 2. The topological polar surface area (TPSA) is 107 Å². The number of ether oxygens (including phenoxy) is 2. The number of halogens is 1. The summed E-state index contributed by atoms with van der Waals surface area (Å²) in [7, 11) is 0. The lowest BCUT2D eigenvalue weighted by atomic mass is 10.1. The van der Waals surface area contributed by atoms with Crippen molar-refractivity contribution >= 4 is 18.1 Å². The molecule has 1 aromatic carbocycles. The quantitative estimate of drug-likeness (QED) is 0.526. The highest BCUT2D eigenvalue weighted by molar-refractivity contribution is 5.96. The minimum absolute atomic E-state index is 0.0643. The number of hydrogen-bond acceptors (Lipinski definition) is 8. The maximum atomic E-state index is 13.7. The summed E-state index contributed by atoms with van der Waals surface area (Å²) in [5.74, 6) is 0.301. The maximum absolute atomic E-state index is 13.7. The number of aromatic nitrogens is 1. The van der Waals surface area contributed by atoms with Gasteiger partial charge in [-0.05, 0) is 49.6 Å². The largest absolute Gasteiger partial charge is 0.483 e. The molecule has 2 aromatic rings. The van der Waals surface area contributed by atoms with E-state index in [-0.39, 0.29) is 24.2 Å². The monoisotopic (exact) mass is 543 g/mol. The number of carbonyl (C=O) groups excluding carboxylic acids is 1. The number of carbonyl (C=O) groups is 2. The second kappa shape index (κ2) is 13.8. The smallest absolute Gasteiger partial charge is 0.290 e. The fourth-order valence-corrected chi connectivity index (χ4v) is 5.30. The number of morpholine rings is 1. The number of fused-ring (bicyclic) bond motifs is 1. The summed E-state index contributed by atoms with van der Waals surface area (Å²) in [5.41, 5.74) is 2.66. The standard InChI is InChI=1S/C27H36FN5O3.CH2O2/c1-19-15-32(24(14-29-19)16-31-7-9-35-18-20(31)2)17-26(34)33-8-10-36-27-25(33)12-22(13-30-27)11-21-3-5-23(28)6-4-21;2-1-3/h3-6,12-13,19-20,24,29H,7-11,14-18H2,1-2H3;1H,(H,2,3)/t19-,20-,24-;/m1./s1. The molecule has 39 heavy (non-hydrogen) atoms. The van der Waals surface area contributed by atoms with Crippen molar-refractivity contribution in [3.05, 3.63) is 53.5 Å². The number of pyridine rings is 1. The van der Waals surface area contributed by atoms with Crippen molar-refractivity contribution in [3.8, 4) is 5.88 Å². The Morgan fingerprint density at radius 1 is 1.18 bits per heavy atom. The van der Waals surface area contributed by atoms with Crippen molar-refractivity contribution < 1.29 is 28.6 Å². The molecule has 1 amide bonds. The van der Waals surface area contributed by atoms with Crippen LogP contribution in [0.2, 0.25) is 0 Å². The molecule has 1 aromatic heterocycles. The molecule has 212 valence electrons. The highest BCUT2D eigenvalue weighted by atomic mass is 19.1. The zero-order chi connectivity index (χ0) is 27.8. The summed E-state index contributed by atoms with van der Waals surface area (Å²) in [4.78, 5) is 33.1. The van der Waals surface area contributed by atoms with Gasteiger partial charge in [-0.25, -0.2) is 9.37 Å². The Bertz CT molecular complexity index is 1100. The lowest BCUT2D eigenvalue weighted by Crippen LogP contribution is -2.62. The van der Waals surface area contributed by atoms with Crippen LogP contribution in [0.5, 0.6) is 5.88 Å². The van der Waals surface area contributed by atoms with Gasteiger partial charge in [0.05, 0.1) is 26.3 Å². The van der Waals surface area contributed by atoms with Gasteiger partial charge in [0.1, 0.15) is 18.1 Å². The van der Waals surface area contributed by atoms with Gasteiger partial charge in [0.25, 0.3) is 6.47 Å². The van der Waals surface area contributed by atoms with Crippen LogP contribution < -0.4 is 15.0 Å². The van der Waals surface area contributed by atoms with E-state index >= 15 is 0 Å². The van der Waals surface area contributed by atoms with Crippen molar-refractivity contribution in [3.63, 3.8) is 0 Å². The Kier molecular flexibility index (Phi) is 10.2. The van der Waals surface area contributed by atoms with Crippen molar-refractivity contribution in [2.75, 3.05) is 64.0 Å². The SMILES string of the molecule is C[C@@H]1CN(CC(=O)N2CCOc3ncc(Cc4ccc(F)cc4)cc32)[C@@H](CN2CCOC[C@H]2C)CN1.O=CO. The molecular formula is C28H38FN5O5. The first kappa shape index (κ1) is 28.9. The number of carboxylic acid groups (broad SMARTS) is 1. The lowest BCUT2D eigenvalue weighted by molar-refractivity contribution is -0.123. The molecule has 0 unspecified atom stereocenters. The summed E-state index contributed by atoms with van der Waals surface area (Å²) in [6.07, 6.45) is 2.38. The first-order chi connectivity index (χ1) is 18.9. The molecular weight excluding hydrogens is 505 g/mol. The first-order valence-electron chi connectivity index (χ1n) is 13.4. The van der Waals surface area contributed by atoms with E-state index in [2.05, 4.69) is 33.9 Å². The molecule has 3 aliphatic rings. The molecule has 2 saturated heterocycles. The van der Waals surface area contributed by atoms with E-state index < -0.39 is 0 Å². The molecule has 2 fully saturated rings. The van der Waals surface area contributed by atoms with E-state index in [4.69, 9.17) is 19.4 Å². The van der Waals surface area contributed by atoms with E-state index in [0.717, 1.165) is 50.5 Å². The molecule has 10 nitrogen and oxygen atoms in total. The summed E-state index contributed by atoms with van der Waals surface area (Å²) in [6.45, 7) is 10.5. The molecule has 11 heteroatoms. The van der Waals surface area contributed by atoms with Crippen molar-refractivity contribution in [1.29, 1.82) is 0 Å². The predicted molar refractivity (Wildman–Crippen MR) is 145 cm³/mol. The highest BCUT2D eigenvalue weighted by Crippen LogP contribution is 2.31. The molecule has 0 bridgehead atoms. The van der Waals surface area contributed by atoms with Gasteiger partial charge in [-0.1, -0.05) is 12.1 Å². The van der Waals surface area contributed by atoms with Crippen LogP contribution in [-0.4, -0.2) is 109 Å². The number of amides is 1. The highest BCUT2D eigenvalue weighted by Gasteiger charge is 2.33. The van der Waals surface area contributed by atoms with Crippen LogP contribution in [0.15, 0.2) is 36.5 Å². The van der Waals surface area contributed by atoms with E-state index in [9.17, 15) is 9.18 Å². The van der Waals surface area contributed by atoms with Gasteiger partial charge in [0.15, 0.2) is 0 Å². The molecule has 0 aliphatic carbocycles. The average molecular weight is 544 g/mol. The number of nitrogens with zero attached hydrogens (tertiary/aromatic N) is 4. The van der Waals surface area contributed by atoms with Crippen LogP contribution in [0.3, 0.4) is 0 Å². The van der Waals surface area contributed by atoms with E-state index in [1.807, 2.05) is 11.0 Å². The van der Waals surface area contributed by atoms with Crippen LogP contribution in [0, 0.1) is 5.82 Å². The van der Waals surface area contributed by atoms with Gasteiger partial charge in [-0.3, -0.25) is 19.4 Å². The Hall–Kier alpha value is -3.12. The zero-order valence-electron chi connectivity index (χ0n) is 22.6.